The number of aliphatic imine (C=N–C) groups is 1. The van der Waals surface area contributed by atoms with E-state index < -0.39 is 0 Å². The van der Waals surface area contributed by atoms with E-state index in [1.165, 1.54) is 21.2 Å². The molecule has 0 atom stereocenters. The van der Waals surface area contributed by atoms with Crippen molar-refractivity contribution in [2.24, 2.45) is 4.99 Å². The first-order valence-corrected chi connectivity index (χ1v) is 6.91. The Hall–Kier alpha value is -1.97. The number of benzene rings is 2. The Kier molecular flexibility index (Phi) is 4.66. The molecule has 0 saturated carbocycles. The molecule has 0 saturated heterocycles. The lowest BCUT2D eigenvalue weighted by atomic mass is 10.2. The highest BCUT2D eigenvalue weighted by Gasteiger charge is 2.00. The van der Waals surface area contributed by atoms with Crippen LogP contribution in [-0.2, 0) is 0 Å². The standard InChI is InChI=1S/C17H21N3/c1-19(2)16-9-5-14(6-10-16)13-18-15-7-11-17(12-8-15)20(3)4/h5-13H,1-4H3/p+2. The fraction of sp³-hybridized carbons (Fsp3) is 0.235. The van der Waals surface area contributed by atoms with Crippen molar-refractivity contribution >= 4 is 23.3 Å². The first kappa shape index (κ1) is 14.4. The van der Waals surface area contributed by atoms with Gasteiger partial charge in [-0.05, 0) is 42.0 Å². The van der Waals surface area contributed by atoms with Crippen LogP contribution in [0.2, 0.25) is 0 Å². The van der Waals surface area contributed by atoms with Crippen molar-refractivity contribution in [1.29, 1.82) is 0 Å². The Morgan fingerprint density at radius 3 is 1.60 bits per heavy atom. The van der Waals surface area contributed by atoms with Gasteiger partial charge in [-0.1, -0.05) is 0 Å². The van der Waals surface area contributed by atoms with Crippen LogP contribution in [0.5, 0.6) is 0 Å². The minimum atomic E-state index is 0.984. The molecule has 2 rings (SSSR count). The van der Waals surface area contributed by atoms with Gasteiger partial charge in [-0.25, -0.2) is 0 Å². The zero-order chi connectivity index (χ0) is 14.5. The van der Waals surface area contributed by atoms with Crippen LogP contribution in [0, 0.1) is 0 Å². The normalized spacial score (nSPS) is 11.7. The number of nitrogens with one attached hydrogen (secondary N) is 2. The summed E-state index contributed by atoms with van der Waals surface area (Å²) in [5, 5.41) is 0. The number of nitrogens with zero attached hydrogens (tertiary/aromatic N) is 1. The van der Waals surface area contributed by atoms with E-state index in [2.05, 4.69) is 81.7 Å². The van der Waals surface area contributed by atoms with Gasteiger partial charge in [-0.3, -0.25) is 4.99 Å². The summed E-state index contributed by atoms with van der Waals surface area (Å²) in [5.74, 6) is 0. The van der Waals surface area contributed by atoms with Gasteiger partial charge in [0.2, 0.25) is 0 Å². The maximum absolute atomic E-state index is 4.51. The van der Waals surface area contributed by atoms with Crippen LogP contribution >= 0.6 is 0 Å². The summed E-state index contributed by atoms with van der Waals surface area (Å²) in [6.45, 7) is 0. The third-order valence-electron chi connectivity index (χ3n) is 3.30. The summed E-state index contributed by atoms with van der Waals surface area (Å²) in [6.07, 6.45) is 1.91. The van der Waals surface area contributed by atoms with E-state index in [9.17, 15) is 0 Å². The highest BCUT2D eigenvalue weighted by atomic mass is 15.1. The largest absolute Gasteiger partial charge is 0.307 e. The highest BCUT2D eigenvalue weighted by molar-refractivity contribution is 5.82. The number of hydrogen-bond donors (Lipinski definition) is 2. The summed E-state index contributed by atoms with van der Waals surface area (Å²) in [5.41, 5.74) is 4.65. The predicted molar refractivity (Wildman–Crippen MR) is 85.1 cm³/mol. The molecule has 0 aliphatic heterocycles. The smallest absolute Gasteiger partial charge is 0.130 e. The number of rotatable bonds is 4. The summed E-state index contributed by atoms with van der Waals surface area (Å²) in [4.78, 5) is 7.16. The molecular formula is C17H23N3+2. The topological polar surface area (TPSA) is 21.2 Å². The molecule has 0 unspecified atom stereocenters. The Morgan fingerprint density at radius 2 is 1.15 bits per heavy atom. The molecule has 0 aromatic heterocycles. The zero-order valence-electron chi connectivity index (χ0n) is 12.6. The van der Waals surface area contributed by atoms with E-state index in [4.69, 9.17) is 0 Å². The fourth-order valence-electron chi connectivity index (χ4n) is 1.93. The van der Waals surface area contributed by atoms with Crippen molar-refractivity contribution in [3.05, 3.63) is 54.1 Å². The SMILES string of the molecule is C[NH+](C)c1ccc(C=Nc2ccc([NH+](C)C)cc2)cc1. The Morgan fingerprint density at radius 1 is 0.700 bits per heavy atom. The van der Waals surface area contributed by atoms with Gasteiger partial charge in [0.1, 0.15) is 11.4 Å². The van der Waals surface area contributed by atoms with Crippen molar-refractivity contribution in [2.45, 2.75) is 0 Å². The van der Waals surface area contributed by atoms with Gasteiger partial charge < -0.3 is 9.80 Å². The minimum Gasteiger partial charge on any atom is -0.307 e. The molecule has 2 N–H and O–H groups in total. The molecule has 0 aliphatic carbocycles. The molecule has 3 nitrogen and oxygen atoms in total. The second-order valence-corrected chi connectivity index (χ2v) is 5.43. The van der Waals surface area contributed by atoms with E-state index in [1.54, 1.807) is 0 Å². The van der Waals surface area contributed by atoms with Crippen molar-refractivity contribution in [3.63, 3.8) is 0 Å². The number of quaternary nitrogens is 2. The van der Waals surface area contributed by atoms with Crippen molar-refractivity contribution in [2.75, 3.05) is 28.2 Å². The molecular weight excluding hydrogens is 246 g/mol. The van der Waals surface area contributed by atoms with Gasteiger partial charge in [0, 0.05) is 18.3 Å². The van der Waals surface area contributed by atoms with Crippen molar-refractivity contribution < 1.29 is 9.80 Å². The molecule has 0 fully saturated rings. The van der Waals surface area contributed by atoms with Crippen LogP contribution < -0.4 is 9.80 Å². The summed E-state index contributed by atoms with van der Waals surface area (Å²) in [7, 11) is 8.48. The summed E-state index contributed by atoms with van der Waals surface area (Å²) < 4.78 is 0. The van der Waals surface area contributed by atoms with Crippen LogP contribution in [0.1, 0.15) is 5.56 Å². The van der Waals surface area contributed by atoms with E-state index in [0.29, 0.717) is 0 Å². The van der Waals surface area contributed by atoms with E-state index in [-0.39, 0.29) is 0 Å². The lowest BCUT2D eigenvalue weighted by Gasteiger charge is -2.06. The molecule has 0 aliphatic rings. The molecule has 0 spiro atoms. The van der Waals surface area contributed by atoms with E-state index in [1.807, 2.05) is 6.21 Å². The second kappa shape index (κ2) is 6.46. The average Bonchev–Trinajstić information content (AvgIpc) is 2.46. The molecule has 0 bridgehead atoms. The first-order valence-electron chi connectivity index (χ1n) is 6.91. The van der Waals surface area contributed by atoms with Crippen molar-refractivity contribution in [3.8, 4) is 0 Å². The maximum Gasteiger partial charge on any atom is 0.130 e. The van der Waals surface area contributed by atoms with E-state index in [0.717, 1.165) is 11.3 Å². The third kappa shape index (κ3) is 3.76. The Balaban J connectivity index is 2.08. The second-order valence-electron chi connectivity index (χ2n) is 5.43. The van der Waals surface area contributed by atoms with Crippen LogP contribution in [0.15, 0.2) is 53.5 Å². The quantitative estimate of drug-likeness (QED) is 0.773. The first-order chi connectivity index (χ1) is 9.56. The molecule has 3 heteroatoms. The van der Waals surface area contributed by atoms with Gasteiger partial charge in [0.25, 0.3) is 0 Å². The van der Waals surface area contributed by atoms with Gasteiger partial charge in [0.05, 0.1) is 33.9 Å². The van der Waals surface area contributed by atoms with Gasteiger partial charge in [0.15, 0.2) is 0 Å². The summed E-state index contributed by atoms with van der Waals surface area (Å²) in [6, 6.07) is 16.8. The molecule has 0 radical (unpaired) electrons. The van der Waals surface area contributed by atoms with E-state index >= 15 is 0 Å². The van der Waals surface area contributed by atoms with Crippen LogP contribution in [0.3, 0.4) is 0 Å². The lowest BCUT2D eigenvalue weighted by molar-refractivity contribution is -0.786. The van der Waals surface area contributed by atoms with Gasteiger partial charge >= 0.3 is 0 Å². The fourth-order valence-corrected chi connectivity index (χ4v) is 1.93. The molecule has 0 heterocycles. The monoisotopic (exact) mass is 269 g/mol. The Bertz CT molecular complexity index is 513. The summed E-state index contributed by atoms with van der Waals surface area (Å²) >= 11 is 0. The molecule has 0 amide bonds. The molecule has 104 valence electrons. The highest BCUT2D eigenvalue weighted by Crippen LogP contribution is 2.14. The van der Waals surface area contributed by atoms with Crippen LogP contribution in [0.25, 0.3) is 0 Å². The van der Waals surface area contributed by atoms with Crippen molar-refractivity contribution in [1.82, 2.24) is 0 Å². The molecule has 20 heavy (non-hydrogen) atoms. The number of hydrogen-bond acceptors (Lipinski definition) is 1. The van der Waals surface area contributed by atoms with Gasteiger partial charge in [-0.15, -0.1) is 0 Å². The maximum atomic E-state index is 4.51. The predicted octanol–water partition coefficient (Wildman–Crippen LogP) is 0.989. The lowest BCUT2D eigenvalue weighted by Crippen LogP contribution is -3.00. The molecule has 2 aromatic carbocycles. The zero-order valence-corrected chi connectivity index (χ0v) is 12.6. The minimum absolute atomic E-state index is 0.984. The third-order valence-corrected chi connectivity index (χ3v) is 3.30. The Labute approximate surface area is 121 Å². The van der Waals surface area contributed by atoms with Crippen LogP contribution in [0.4, 0.5) is 17.1 Å². The van der Waals surface area contributed by atoms with Gasteiger partial charge in [-0.2, -0.15) is 0 Å². The van der Waals surface area contributed by atoms with Crippen LogP contribution in [-0.4, -0.2) is 34.4 Å². The molecule has 2 aromatic rings. The average molecular weight is 269 g/mol.